The van der Waals surface area contributed by atoms with Crippen LogP contribution in [0, 0.1) is 0 Å². The van der Waals surface area contributed by atoms with Crippen LogP contribution >= 0.6 is 11.6 Å². The highest BCUT2D eigenvalue weighted by Crippen LogP contribution is 2.21. The Hall–Kier alpha value is -1.26. The highest BCUT2D eigenvalue weighted by molar-refractivity contribution is 6.30. The summed E-state index contributed by atoms with van der Waals surface area (Å²) in [7, 11) is 0. The Balaban J connectivity index is 2.66. The zero-order valence-electron chi connectivity index (χ0n) is 12.1. The summed E-state index contributed by atoms with van der Waals surface area (Å²) in [6, 6.07) is 6.84. The van der Waals surface area contributed by atoms with Crippen molar-refractivity contribution < 1.29 is 14.6 Å². The molecule has 1 unspecified atom stereocenters. The molecule has 0 aromatic heterocycles. The van der Waals surface area contributed by atoms with Crippen molar-refractivity contribution in [2.75, 3.05) is 6.61 Å². The molecule has 2 N–H and O–H groups in total. The van der Waals surface area contributed by atoms with E-state index in [2.05, 4.69) is 5.32 Å². The van der Waals surface area contributed by atoms with Crippen LogP contribution in [-0.2, 0) is 4.79 Å². The Morgan fingerprint density at radius 2 is 2.00 bits per heavy atom. The van der Waals surface area contributed by atoms with E-state index in [4.69, 9.17) is 21.4 Å². The Labute approximate surface area is 125 Å². The van der Waals surface area contributed by atoms with Gasteiger partial charge in [-0.1, -0.05) is 18.5 Å². The number of ether oxygens (including phenoxy) is 1. The predicted molar refractivity (Wildman–Crippen MR) is 80.1 cm³/mol. The first-order valence-corrected chi connectivity index (χ1v) is 7.13. The average Bonchev–Trinajstić information content (AvgIpc) is 2.40. The summed E-state index contributed by atoms with van der Waals surface area (Å²) in [5, 5.41) is 12.5. The minimum absolute atomic E-state index is 0.0411. The van der Waals surface area contributed by atoms with Crippen molar-refractivity contribution in [3.05, 3.63) is 29.3 Å². The van der Waals surface area contributed by atoms with Crippen LogP contribution in [0.3, 0.4) is 0 Å². The van der Waals surface area contributed by atoms with Crippen molar-refractivity contribution >= 4 is 17.5 Å². The number of hydrogen-bond acceptors (Lipinski definition) is 3. The van der Waals surface area contributed by atoms with Crippen LogP contribution in [0.4, 0.5) is 0 Å². The van der Waals surface area contributed by atoms with Gasteiger partial charge < -0.3 is 15.2 Å². The van der Waals surface area contributed by atoms with Gasteiger partial charge >= 0.3 is 0 Å². The number of benzene rings is 1. The highest BCUT2D eigenvalue weighted by atomic mass is 35.5. The molecule has 112 valence electrons. The topological polar surface area (TPSA) is 58.6 Å². The Morgan fingerprint density at radius 1 is 1.40 bits per heavy atom. The van der Waals surface area contributed by atoms with Crippen molar-refractivity contribution in [1.82, 2.24) is 5.32 Å². The van der Waals surface area contributed by atoms with Gasteiger partial charge in [-0.3, -0.25) is 4.79 Å². The second-order valence-corrected chi connectivity index (χ2v) is 5.59. The van der Waals surface area contributed by atoms with E-state index in [1.54, 1.807) is 38.1 Å². The number of hydrogen-bond donors (Lipinski definition) is 2. The standard InChI is InChI=1S/C15H22ClNO3/c1-4-12(9-10-18)17-14(19)15(2,3)20-13-7-5-11(16)6-8-13/h5-8,12,18H,4,9-10H2,1-3H3,(H,17,19). The van der Waals surface area contributed by atoms with Gasteiger partial charge in [0.1, 0.15) is 5.75 Å². The number of carbonyl (C=O) groups is 1. The summed E-state index contributed by atoms with van der Waals surface area (Å²) >= 11 is 5.81. The van der Waals surface area contributed by atoms with Crippen LogP contribution < -0.4 is 10.1 Å². The molecule has 5 heteroatoms. The molecule has 1 rings (SSSR count). The molecule has 1 atom stereocenters. The molecule has 0 aliphatic rings. The van der Waals surface area contributed by atoms with E-state index < -0.39 is 5.60 Å². The van der Waals surface area contributed by atoms with Gasteiger partial charge in [-0.15, -0.1) is 0 Å². The average molecular weight is 300 g/mol. The molecule has 0 aliphatic heterocycles. The lowest BCUT2D eigenvalue weighted by Gasteiger charge is -2.28. The maximum atomic E-state index is 12.2. The van der Waals surface area contributed by atoms with Crippen LogP contribution in [-0.4, -0.2) is 29.3 Å². The van der Waals surface area contributed by atoms with E-state index in [0.29, 0.717) is 17.2 Å². The Bertz CT molecular complexity index is 431. The molecule has 0 bridgehead atoms. The van der Waals surface area contributed by atoms with Crippen LogP contribution in [0.2, 0.25) is 5.02 Å². The lowest BCUT2D eigenvalue weighted by atomic mass is 10.1. The molecule has 4 nitrogen and oxygen atoms in total. The third-order valence-electron chi connectivity index (χ3n) is 3.04. The second-order valence-electron chi connectivity index (χ2n) is 5.16. The third kappa shape index (κ3) is 5.02. The maximum Gasteiger partial charge on any atom is 0.263 e. The van der Waals surface area contributed by atoms with E-state index in [9.17, 15) is 4.79 Å². The number of carbonyl (C=O) groups excluding carboxylic acids is 1. The summed E-state index contributed by atoms with van der Waals surface area (Å²) in [4.78, 5) is 12.2. The van der Waals surface area contributed by atoms with Gasteiger partial charge in [0.15, 0.2) is 5.60 Å². The molecular formula is C15H22ClNO3. The fourth-order valence-electron chi connectivity index (χ4n) is 1.74. The fourth-order valence-corrected chi connectivity index (χ4v) is 1.86. The van der Waals surface area contributed by atoms with Crippen LogP contribution in [0.15, 0.2) is 24.3 Å². The number of aliphatic hydroxyl groups excluding tert-OH is 1. The second kappa shape index (κ2) is 7.50. The quantitative estimate of drug-likeness (QED) is 0.814. The molecule has 20 heavy (non-hydrogen) atoms. The Morgan fingerprint density at radius 3 is 2.50 bits per heavy atom. The van der Waals surface area contributed by atoms with Crippen molar-refractivity contribution in [3.63, 3.8) is 0 Å². The van der Waals surface area contributed by atoms with Gasteiger partial charge in [0, 0.05) is 17.7 Å². The summed E-state index contributed by atoms with van der Waals surface area (Å²) in [5.41, 5.74) is -0.989. The number of halogens is 1. The molecule has 0 radical (unpaired) electrons. The first-order chi connectivity index (χ1) is 9.39. The van der Waals surface area contributed by atoms with Crippen molar-refractivity contribution in [2.45, 2.75) is 45.3 Å². The molecule has 0 saturated heterocycles. The summed E-state index contributed by atoms with van der Waals surface area (Å²) in [6.07, 6.45) is 1.31. The molecule has 0 fully saturated rings. The van der Waals surface area contributed by atoms with E-state index >= 15 is 0 Å². The fraction of sp³-hybridized carbons (Fsp3) is 0.533. The normalized spacial score (nSPS) is 12.8. The SMILES string of the molecule is CCC(CCO)NC(=O)C(C)(C)Oc1ccc(Cl)cc1. The first-order valence-electron chi connectivity index (χ1n) is 6.75. The van der Waals surface area contributed by atoms with E-state index in [0.717, 1.165) is 6.42 Å². The lowest BCUT2D eigenvalue weighted by molar-refractivity contribution is -0.135. The van der Waals surface area contributed by atoms with Crippen molar-refractivity contribution in [3.8, 4) is 5.75 Å². The van der Waals surface area contributed by atoms with E-state index in [1.807, 2.05) is 6.92 Å². The number of aliphatic hydroxyl groups is 1. The summed E-state index contributed by atoms with van der Waals surface area (Å²) in [6.45, 7) is 5.44. The third-order valence-corrected chi connectivity index (χ3v) is 3.29. The lowest BCUT2D eigenvalue weighted by Crippen LogP contribution is -2.50. The van der Waals surface area contributed by atoms with Gasteiger partial charge in [0.2, 0.25) is 0 Å². The van der Waals surface area contributed by atoms with Gasteiger partial charge in [-0.25, -0.2) is 0 Å². The van der Waals surface area contributed by atoms with Gasteiger partial charge in [0.05, 0.1) is 0 Å². The zero-order chi connectivity index (χ0) is 15.2. The van der Waals surface area contributed by atoms with Gasteiger partial charge in [0.25, 0.3) is 5.91 Å². The predicted octanol–water partition coefficient (Wildman–Crippen LogP) is 2.77. The molecule has 0 heterocycles. The van der Waals surface area contributed by atoms with Crippen molar-refractivity contribution in [1.29, 1.82) is 0 Å². The summed E-state index contributed by atoms with van der Waals surface area (Å²) < 4.78 is 5.71. The maximum absolute atomic E-state index is 12.2. The number of nitrogens with one attached hydrogen (secondary N) is 1. The minimum Gasteiger partial charge on any atom is -0.478 e. The van der Waals surface area contributed by atoms with Crippen LogP contribution in [0.5, 0.6) is 5.75 Å². The minimum atomic E-state index is -0.989. The smallest absolute Gasteiger partial charge is 0.263 e. The molecule has 0 saturated carbocycles. The molecule has 1 aromatic carbocycles. The molecule has 0 spiro atoms. The van der Waals surface area contributed by atoms with E-state index in [-0.39, 0.29) is 18.6 Å². The Kier molecular flexibility index (Phi) is 6.30. The van der Waals surface area contributed by atoms with Gasteiger partial charge in [-0.2, -0.15) is 0 Å². The van der Waals surface area contributed by atoms with Crippen LogP contribution in [0.25, 0.3) is 0 Å². The van der Waals surface area contributed by atoms with Gasteiger partial charge in [-0.05, 0) is 51.0 Å². The van der Waals surface area contributed by atoms with Crippen LogP contribution in [0.1, 0.15) is 33.6 Å². The monoisotopic (exact) mass is 299 g/mol. The molecule has 1 amide bonds. The summed E-state index contributed by atoms with van der Waals surface area (Å²) in [5.74, 6) is 0.387. The molecule has 0 aliphatic carbocycles. The molecule has 1 aromatic rings. The zero-order valence-corrected chi connectivity index (χ0v) is 12.9. The van der Waals surface area contributed by atoms with Crippen molar-refractivity contribution in [2.24, 2.45) is 0 Å². The van der Waals surface area contributed by atoms with E-state index in [1.165, 1.54) is 0 Å². The first kappa shape index (κ1) is 16.8. The largest absolute Gasteiger partial charge is 0.478 e. The highest BCUT2D eigenvalue weighted by Gasteiger charge is 2.31. The molecular weight excluding hydrogens is 278 g/mol. The number of rotatable bonds is 7. The number of amides is 1.